The molecule has 0 aliphatic rings. The zero-order chi connectivity index (χ0) is 9.52. The van der Waals surface area contributed by atoms with Crippen LogP contribution >= 0.6 is 11.7 Å². The van der Waals surface area contributed by atoms with Crippen LogP contribution in [0.4, 0.5) is 0 Å². The number of amides is 1. The summed E-state index contributed by atoms with van der Waals surface area (Å²) in [5.74, 6) is -0.202. The minimum atomic E-state index is -0.202. The molecule has 0 unspecified atom stereocenters. The fraction of sp³-hybridized carbons (Fsp3) is 0.571. The second-order valence-electron chi connectivity index (χ2n) is 2.48. The highest BCUT2D eigenvalue weighted by atomic mass is 32.1. The highest BCUT2D eigenvalue weighted by Gasteiger charge is 2.06. The molecular formula is C7H11N3O2S. The second kappa shape index (κ2) is 5.60. The number of aromatic nitrogens is 2. The molecule has 0 saturated heterocycles. The van der Waals surface area contributed by atoms with E-state index in [-0.39, 0.29) is 12.5 Å². The fourth-order valence-electron chi connectivity index (χ4n) is 0.794. The van der Waals surface area contributed by atoms with E-state index in [0.29, 0.717) is 18.7 Å². The number of nitrogens with zero attached hydrogens (tertiary/aromatic N) is 2. The summed E-state index contributed by atoms with van der Waals surface area (Å²) < 4.78 is 7.50. The molecular weight excluding hydrogens is 190 g/mol. The van der Waals surface area contributed by atoms with Crippen LogP contribution < -0.4 is 5.32 Å². The lowest BCUT2D eigenvalue weighted by Crippen LogP contribution is -2.24. The second-order valence-corrected chi connectivity index (χ2v) is 3.04. The number of aliphatic hydroxyl groups is 1. The van der Waals surface area contributed by atoms with Crippen LogP contribution in [0, 0.1) is 0 Å². The average Bonchev–Trinajstić information content (AvgIpc) is 2.65. The first-order valence-electron chi connectivity index (χ1n) is 4.01. The third kappa shape index (κ3) is 3.47. The highest BCUT2D eigenvalue weighted by Crippen LogP contribution is 1.94. The summed E-state index contributed by atoms with van der Waals surface area (Å²) in [5.41, 5.74) is 0.356. The van der Waals surface area contributed by atoms with Gasteiger partial charge in [-0.3, -0.25) is 4.79 Å². The number of nitrogens with one attached hydrogen (secondary N) is 1. The van der Waals surface area contributed by atoms with E-state index in [1.54, 1.807) is 0 Å². The number of aliphatic hydroxyl groups excluding tert-OH is 1. The van der Waals surface area contributed by atoms with Gasteiger partial charge < -0.3 is 10.4 Å². The molecule has 0 spiro atoms. The highest BCUT2D eigenvalue weighted by molar-refractivity contribution is 6.99. The Morgan fingerprint density at radius 2 is 2.46 bits per heavy atom. The van der Waals surface area contributed by atoms with Gasteiger partial charge in [0.25, 0.3) is 5.91 Å². The largest absolute Gasteiger partial charge is 0.396 e. The molecule has 5 nitrogen and oxygen atoms in total. The minimum Gasteiger partial charge on any atom is -0.396 e. The zero-order valence-corrected chi connectivity index (χ0v) is 7.88. The molecule has 0 radical (unpaired) electrons. The monoisotopic (exact) mass is 201 g/mol. The van der Waals surface area contributed by atoms with E-state index in [0.717, 1.165) is 18.1 Å². The van der Waals surface area contributed by atoms with Gasteiger partial charge in [0, 0.05) is 13.2 Å². The Hall–Kier alpha value is -1.01. The number of unbranched alkanes of at least 4 members (excludes halogenated alkanes) is 1. The van der Waals surface area contributed by atoms with Crippen molar-refractivity contribution in [3.05, 3.63) is 11.9 Å². The van der Waals surface area contributed by atoms with Crippen molar-refractivity contribution in [1.82, 2.24) is 14.1 Å². The first-order chi connectivity index (χ1) is 6.34. The van der Waals surface area contributed by atoms with Gasteiger partial charge in [-0.2, -0.15) is 8.75 Å². The summed E-state index contributed by atoms with van der Waals surface area (Å²) in [4.78, 5) is 11.2. The van der Waals surface area contributed by atoms with Gasteiger partial charge >= 0.3 is 0 Å². The smallest absolute Gasteiger partial charge is 0.272 e. The molecule has 0 aromatic carbocycles. The van der Waals surface area contributed by atoms with E-state index in [2.05, 4.69) is 14.1 Å². The molecule has 0 bridgehead atoms. The van der Waals surface area contributed by atoms with Crippen LogP contribution in [0.1, 0.15) is 23.3 Å². The molecule has 13 heavy (non-hydrogen) atoms. The standard InChI is InChI=1S/C7H11N3O2S/c11-4-2-1-3-8-7(12)6-5-9-13-10-6/h5,11H,1-4H2,(H,8,12). The molecule has 0 fully saturated rings. The van der Waals surface area contributed by atoms with Crippen LogP contribution in [0.15, 0.2) is 6.20 Å². The summed E-state index contributed by atoms with van der Waals surface area (Å²) in [6.07, 6.45) is 2.92. The van der Waals surface area contributed by atoms with Crippen LogP contribution in [0.3, 0.4) is 0 Å². The summed E-state index contributed by atoms with van der Waals surface area (Å²) in [5, 5.41) is 11.2. The van der Waals surface area contributed by atoms with Gasteiger partial charge in [-0.1, -0.05) is 0 Å². The maximum atomic E-state index is 11.2. The number of rotatable bonds is 5. The number of hydrogen-bond donors (Lipinski definition) is 2. The van der Waals surface area contributed by atoms with E-state index < -0.39 is 0 Å². The van der Waals surface area contributed by atoms with E-state index >= 15 is 0 Å². The molecule has 72 valence electrons. The predicted octanol–water partition coefficient (Wildman–Crippen LogP) is 0.0404. The Kier molecular flexibility index (Phi) is 4.34. The van der Waals surface area contributed by atoms with Crippen LogP contribution in [-0.2, 0) is 0 Å². The first kappa shape index (κ1) is 10.1. The summed E-state index contributed by atoms with van der Waals surface area (Å²) in [6, 6.07) is 0. The predicted molar refractivity (Wildman–Crippen MR) is 48.6 cm³/mol. The van der Waals surface area contributed by atoms with E-state index in [1.165, 1.54) is 6.20 Å². The van der Waals surface area contributed by atoms with Crippen LogP contribution in [-0.4, -0.2) is 32.9 Å². The summed E-state index contributed by atoms with van der Waals surface area (Å²) >= 11 is 1.01. The Morgan fingerprint density at radius 1 is 1.62 bits per heavy atom. The minimum absolute atomic E-state index is 0.161. The van der Waals surface area contributed by atoms with Crippen molar-refractivity contribution in [2.24, 2.45) is 0 Å². The van der Waals surface area contributed by atoms with Crippen molar-refractivity contribution in [2.45, 2.75) is 12.8 Å². The quantitative estimate of drug-likeness (QED) is 0.659. The SMILES string of the molecule is O=C(NCCCCO)c1cnsn1. The Bertz CT molecular complexity index is 250. The Morgan fingerprint density at radius 3 is 3.08 bits per heavy atom. The normalized spacial score (nSPS) is 9.92. The molecule has 0 aliphatic heterocycles. The molecule has 0 aliphatic carbocycles. The van der Waals surface area contributed by atoms with E-state index in [4.69, 9.17) is 5.11 Å². The van der Waals surface area contributed by atoms with Gasteiger partial charge in [0.1, 0.15) is 0 Å². The van der Waals surface area contributed by atoms with Gasteiger partial charge in [-0.15, -0.1) is 0 Å². The van der Waals surface area contributed by atoms with Gasteiger partial charge in [0.05, 0.1) is 17.9 Å². The first-order valence-corrected chi connectivity index (χ1v) is 4.74. The van der Waals surface area contributed by atoms with Crippen molar-refractivity contribution >= 4 is 17.6 Å². The number of hydrogen-bond acceptors (Lipinski definition) is 5. The van der Waals surface area contributed by atoms with E-state index in [9.17, 15) is 4.79 Å². The lowest BCUT2D eigenvalue weighted by atomic mass is 10.3. The molecule has 2 N–H and O–H groups in total. The number of carbonyl (C=O) groups excluding carboxylic acids is 1. The van der Waals surface area contributed by atoms with Crippen molar-refractivity contribution in [1.29, 1.82) is 0 Å². The van der Waals surface area contributed by atoms with Crippen LogP contribution in [0.25, 0.3) is 0 Å². The zero-order valence-electron chi connectivity index (χ0n) is 7.06. The molecule has 1 aromatic heterocycles. The average molecular weight is 201 g/mol. The van der Waals surface area contributed by atoms with Gasteiger partial charge in [0.15, 0.2) is 5.69 Å². The van der Waals surface area contributed by atoms with Gasteiger partial charge in [-0.25, -0.2) is 0 Å². The maximum Gasteiger partial charge on any atom is 0.272 e. The maximum absolute atomic E-state index is 11.2. The lowest BCUT2D eigenvalue weighted by Gasteiger charge is -2.00. The Balaban J connectivity index is 2.19. The fourth-order valence-corrected chi connectivity index (χ4v) is 1.21. The van der Waals surface area contributed by atoms with Gasteiger partial charge in [-0.05, 0) is 12.8 Å². The summed E-state index contributed by atoms with van der Waals surface area (Å²) in [7, 11) is 0. The molecule has 1 heterocycles. The molecule has 1 aromatic rings. The van der Waals surface area contributed by atoms with Crippen LogP contribution in [0.2, 0.25) is 0 Å². The molecule has 0 atom stereocenters. The third-order valence-corrected chi connectivity index (χ3v) is 1.94. The summed E-state index contributed by atoms with van der Waals surface area (Å²) in [6.45, 7) is 0.727. The van der Waals surface area contributed by atoms with Crippen molar-refractivity contribution in [3.8, 4) is 0 Å². The van der Waals surface area contributed by atoms with E-state index in [1.807, 2.05) is 0 Å². The van der Waals surface area contributed by atoms with Crippen LogP contribution in [0.5, 0.6) is 0 Å². The molecule has 1 rings (SSSR count). The Labute approximate surface area is 80.1 Å². The number of carbonyl (C=O) groups is 1. The molecule has 6 heteroatoms. The topological polar surface area (TPSA) is 75.1 Å². The molecule has 0 saturated carbocycles. The van der Waals surface area contributed by atoms with Gasteiger partial charge in [0.2, 0.25) is 0 Å². The lowest BCUT2D eigenvalue weighted by molar-refractivity contribution is 0.0948. The van der Waals surface area contributed by atoms with Crippen molar-refractivity contribution in [3.63, 3.8) is 0 Å². The van der Waals surface area contributed by atoms with Crippen molar-refractivity contribution < 1.29 is 9.90 Å². The third-order valence-electron chi connectivity index (χ3n) is 1.46. The molecule has 1 amide bonds. The van der Waals surface area contributed by atoms with Crippen molar-refractivity contribution in [2.75, 3.05) is 13.2 Å².